The molecule has 0 radical (unpaired) electrons. The van der Waals surface area contributed by atoms with Crippen LogP contribution in [-0.2, 0) is 0 Å². The van der Waals surface area contributed by atoms with Crippen LogP contribution in [0.3, 0.4) is 0 Å². The molecule has 29 heavy (non-hydrogen) atoms. The number of ether oxygens (including phenoxy) is 1. The first-order chi connectivity index (χ1) is 13.9. The Balaban J connectivity index is 1.86. The number of fused-ring (bicyclic) bond motifs is 1. The predicted molar refractivity (Wildman–Crippen MR) is 100 cm³/mol. The second kappa shape index (κ2) is 7.61. The summed E-state index contributed by atoms with van der Waals surface area (Å²) < 4.78 is 41.2. The number of halogens is 3. The molecule has 1 atom stereocenters. The highest BCUT2D eigenvalue weighted by molar-refractivity contribution is 5.94. The predicted octanol–water partition coefficient (Wildman–Crippen LogP) is 4.49. The van der Waals surface area contributed by atoms with Gasteiger partial charge in [0.15, 0.2) is 0 Å². The topological polar surface area (TPSA) is 75.5 Å². The van der Waals surface area contributed by atoms with Crippen molar-refractivity contribution in [3.8, 4) is 16.9 Å². The first kappa shape index (κ1) is 19.6. The Morgan fingerprint density at radius 2 is 1.72 bits per heavy atom. The van der Waals surface area contributed by atoms with Gasteiger partial charge in [0.2, 0.25) is 0 Å². The van der Waals surface area contributed by atoms with Gasteiger partial charge in [-0.05, 0) is 48.1 Å². The SMILES string of the molecule is OC[C@H](O)c1c(C2CCC2)cc(-c2ccc(OC(F)(F)F)cc2)c2nccnc12. The van der Waals surface area contributed by atoms with Gasteiger partial charge < -0.3 is 14.9 Å². The van der Waals surface area contributed by atoms with Crippen molar-refractivity contribution in [3.63, 3.8) is 0 Å². The van der Waals surface area contributed by atoms with Crippen molar-refractivity contribution in [1.29, 1.82) is 0 Å². The summed E-state index contributed by atoms with van der Waals surface area (Å²) in [5.41, 5.74) is 3.85. The maximum absolute atomic E-state index is 12.4. The molecule has 1 aliphatic rings. The lowest BCUT2D eigenvalue weighted by molar-refractivity contribution is -0.274. The average Bonchev–Trinajstić information content (AvgIpc) is 2.65. The Morgan fingerprint density at radius 3 is 2.28 bits per heavy atom. The van der Waals surface area contributed by atoms with Gasteiger partial charge in [0.1, 0.15) is 11.9 Å². The molecule has 1 saturated carbocycles. The maximum Gasteiger partial charge on any atom is 0.573 e. The van der Waals surface area contributed by atoms with Gasteiger partial charge in [-0.1, -0.05) is 18.6 Å². The molecular formula is C21H19F3N2O3. The van der Waals surface area contributed by atoms with E-state index in [-0.39, 0.29) is 11.7 Å². The fraction of sp³-hybridized carbons (Fsp3) is 0.333. The molecule has 1 aliphatic carbocycles. The lowest BCUT2D eigenvalue weighted by atomic mass is 9.76. The summed E-state index contributed by atoms with van der Waals surface area (Å²) >= 11 is 0. The van der Waals surface area contributed by atoms with Crippen molar-refractivity contribution in [2.45, 2.75) is 37.6 Å². The molecule has 0 saturated heterocycles. The van der Waals surface area contributed by atoms with Gasteiger partial charge in [-0.3, -0.25) is 9.97 Å². The van der Waals surface area contributed by atoms with Crippen molar-refractivity contribution in [2.24, 2.45) is 0 Å². The van der Waals surface area contributed by atoms with Gasteiger partial charge in [-0.2, -0.15) is 0 Å². The molecule has 3 aromatic rings. The molecule has 1 heterocycles. The van der Waals surface area contributed by atoms with Gasteiger partial charge in [0, 0.05) is 23.5 Å². The third-order valence-electron chi connectivity index (χ3n) is 5.27. The fourth-order valence-corrected chi connectivity index (χ4v) is 3.73. The summed E-state index contributed by atoms with van der Waals surface area (Å²) in [7, 11) is 0. The highest BCUT2D eigenvalue weighted by atomic mass is 19.4. The smallest absolute Gasteiger partial charge is 0.406 e. The van der Waals surface area contributed by atoms with Crippen LogP contribution < -0.4 is 4.74 Å². The van der Waals surface area contributed by atoms with Gasteiger partial charge in [-0.25, -0.2) is 0 Å². The average molecular weight is 404 g/mol. The van der Waals surface area contributed by atoms with Crippen LogP contribution in [0.2, 0.25) is 0 Å². The van der Waals surface area contributed by atoms with E-state index in [2.05, 4.69) is 14.7 Å². The number of rotatable bonds is 5. The number of aromatic nitrogens is 2. The van der Waals surface area contributed by atoms with Crippen LogP contribution in [0.1, 0.15) is 42.4 Å². The van der Waals surface area contributed by atoms with Crippen LogP contribution in [-0.4, -0.2) is 33.2 Å². The Bertz CT molecular complexity index is 1020. The van der Waals surface area contributed by atoms with E-state index in [1.807, 2.05) is 6.07 Å². The van der Waals surface area contributed by atoms with Gasteiger partial charge in [0.25, 0.3) is 0 Å². The number of hydrogen-bond acceptors (Lipinski definition) is 5. The molecule has 0 aliphatic heterocycles. The summed E-state index contributed by atoms with van der Waals surface area (Å²) in [6.45, 7) is -0.436. The third kappa shape index (κ3) is 3.90. The standard InChI is InChI=1S/C21H19F3N2O3/c22-21(23,24)29-14-6-4-13(5-7-14)16-10-15(12-2-1-3-12)18(17(28)11-27)20-19(16)25-8-9-26-20/h4-10,12,17,27-28H,1-3,11H2/t17-/m0/s1. The summed E-state index contributed by atoms with van der Waals surface area (Å²) in [5, 5.41) is 20.0. The minimum absolute atomic E-state index is 0.240. The number of nitrogens with zero attached hydrogens (tertiary/aromatic N) is 2. The summed E-state index contributed by atoms with van der Waals surface area (Å²) in [6, 6.07) is 7.50. The van der Waals surface area contributed by atoms with Gasteiger partial charge >= 0.3 is 6.36 Å². The largest absolute Gasteiger partial charge is 0.573 e. The molecule has 0 bridgehead atoms. The number of benzene rings is 2. The molecule has 2 N–H and O–H groups in total. The van der Waals surface area contributed by atoms with E-state index in [9.17, 15) is 23.4 Å². The van der Waals surface area contributed by atoms with Crippen molar-refractivity contribution in [2.75, 3.05) is 6.61 Å². The van der Waals surface area contributed by atoms with Crippen LogP contribution in [0.25, 0.3) is 22.2 Å². The van der Waals surface area contributed by atoms with E-state index in [0.717, 1.165) is 24.8 Å². The zero-order valence-electron chi connectivity index (χ0n) is 15.4. The Labute approximate surface area is 164 Å². The summed E-state index contributed by atoms with van der Waals surface area (Å²) in [5.74, 6) is -0.0626. The monoisotopic (exact) mass is 404 g/mol. The quantitative estimate of drug-likeness (QED) is 0.655. The van der Waals surface area contributed by atoms with Crippen LogP contribution >= 0.6 is 0 Å². The normalized spacial score (nSPS) is 15.9. The summed E-state index contributed by atoms with van der Waals surface area (Å²) in [6.07, 6.45) is 0.218. The number of aliphatic hydroxyl groups is 2. The highest BCUT2D eigenvalue weighted by Gasteiger charge is 2.31. The van der Waals surface area contributed by atoms with Crippen LogP contribution in [0.5, 0.6) is 5.75 Å². The molecule has 152 valence electrons. The first-order valence-corrected chi connectivity index (χ1v) is 9.30. The van der Waals surface area contributed by atoms with Gasteiger partial charge in [-0.15, -0.1) is 13.2 Å². The van der Waals surface area contributed by atoms with E-state index >= 15 is 0 Å². The maximum atomic E-state index is 12.4. The molecule has 0 unspecified atom stereocenters. The van der Waals surface area contributed by atoms with E-state index in [4.69, 9.17) is 0 Å². The Morgan fingerprint density at radius 1 is 1.07 bits per heavy atom. The third-order valence-corrected chi connectivity index (χ3v) is 5.27. The first-order valence-electron chi connectivity index (χ1n) is 9.30. The minimum atomic E-state index is -4.75. The van der Waals surface area contributed by atoms with Crippen LogP contribution in [0.4, 0.5) is 13.2 Å². The second-order valence-electron chi connectivity index (χ2n) is 7.08. The molecule has 0 spiro atoms. The zero-order chi connectivity index (χ0) is 20.6. The van der Waals surface area contributed by atoms with E-state index in [0.29, 0.717) is 27.7 Å². The van der Waals surface area contributed by atoms with E-state index < -0.39 is 19.1 Å². The van der Waals surface area contributed by atoms with Crippen molar-refractivity contribution in [1.82, 2.24) is 9.97 Å². The zero-order valence-corrected chi connectivity index (χ0v) is 15.4. The Kier molecular flexibility index (Phi) is 5.14. The van der Waals surface area contributed by atoms with Crippen molar-refractivity contribution >= 4 is 11.0 Å². The lowest BCUT2D eigenvalue weighted by Gasteiger charge is -2.30. The Hall–Kier alpha value is -2.71. The lowest BCUT2D eigenvalue weighted by Crippen LogP contribution is -2.17. The number of aliphatic hydroxyl groups excluding tert-OH is 2. The minimum Gasteiger partial charge on any atom is -0.406 e. The molecule has 0 amide bonds. The second-order valence-corrected chi connectivity index (χ2v) is 7.08. The van der Waals surface area contributed by atoms with Crippen molar-refractivity contribution in [3.05, 3.63) is 53.9 Å². The molecular weight excluding hydrogens is 385 g/mol. The summed E-state index contributed by atoms with van der Waals surface area (Å²) in [4.78, 5) is 8.79. The van der Waals surface area contributed by atoms with Crippen LogP contribution in [0.15, 0.2) is 42.7 Å². The van der Waals surface area contributed by atoms with Gasteiger partial charge in [0.05, 0.1) is 17.6 Å². The number of alkyl halides is 3. The molecule has 2 aromatic carbocycles. The van der Waals surface area contributed by atoms with Crippen molar-refractivity contribution < 1.29 is 28.1 Å². The van der Waals surface area contributed by atoms with Crippen LogP contribution in [0, 0.1) is 0 Å². The molecule has 1 aromatic heterocycles. The molecule has 8 heteroatoms. The molecule has 5 nitrogen and oxygen atoms in total. The number of hydrogen-bond donors (Lipinski definition) is 2. The highest BCUT2D eigenvalue weighted by Crippen LogP contribution is 2.44. The van der Waals surface area contributed by atoms with E-state index in [1.54, 1.807) is 0 Å². The fourth-order valence-electron chi connectivity index (χ4n) is 3.73. The molecule has 4 rings (SSSR count). The molecule has 1 fully saturated rings. The van der Waals surface area contributed by atoms with E-state index in [1.165, 1.54) is 36.7 Å².